The van der Waals surface area contributed by atoms with Crippen molar-refractivity contribution in [3.05, 3.63) is 107 Å². The fourth-order valence-electron chi connectivity index (χ4n) is 5.29. The number of rotatable bonds is 10. The molecule has 1 aliphatic rings. The normalized spacial score (nSPS) is 13.2. The maximum Gasteiger partial charge on any atom is 0.182 e. The van der Waals surface area contributed by atoms with Crippen molar-refractivity contribution in [1.29, 1.82) is 0 Å². The number of hydrogen-bond acceptors (Lipinski definition) is 5. The number of methoxy groups -OCH3 is 1. The van der Waals surface area contributed by atoms with Crippen LogP contribution in [0.25, 0.3) is 0 Å². The van der Waals surface area contributed by atoms with Crippen LogP contribution in [0, 0.1) is 6.92 Å². The molecule has 1 heterocycles. The second-order valence-electron chi connectivity index (χ2n) is 9.87. The molecule has 0 spiro atoms. The molecule has 0 unspecified atom stereocenters. The molecule has 0 amide bonds. The van der Waals surface area contributed by atoms with E-state index in [0.29, 0.717) is 23.8 Å². The summed E-state index contributed by atoms with van der Waals surface area (Å²) in [6.07, 6.45) is 8.53. The molecule has 6 nitrogen and oxygen atoms in total. The van der Waals surface area contributed by atoms with Crippen LogP contribution in [0.15, 0.2) is 78.1 Å². The Morgan fingerprint density at radius 1 is 0.974 bits per heavy atom. The number of hydrogen-bond donors (Lipinski definition) is 0. The second-order valence-corrected chi connectivity index (χ2v) is 11.9. The molecule has 38 heavy (non-hydrogen) atoms. The number of ether oxygens (including phenoxy) is 2. The Kier molecular flexibility index (Phi) is 7.84. The zero-order valence-corrected chi connectivity index (χ0v) is 22.8. The molecule has 5 rings (SSSR count). The van der Waals surface area contributed by atoms with Gasteiger partial charge in [0.2, 0.25) is 0 Å². The predicted molar refractivity (Wildman–Crippen MR) is 149 cm³/mol. The predicted octanol–water partition coefficient (Wildman–Crippen LogP) is 5.72. The van der Waals surface area contributed by atoms with Gasteiger partial charge in [0.1, 0.15) is 18.1 Å². The summed E-state index contributed by atoms with van der Waals surface area (Å²) in [5.74, 6) is 1.49. The molecule has 0 N–H and O–H groups in total. The molecular formula is C31H34N2O4S. The zero-order chi connectivity index (χ0) is 26.5. The van der Waals surface area contributed by atoms with Crippen molar-refractivity contribution in [2.75, 3.05) is 13.7 Å². The van der Waals surface area contributed by atoms with Crippen molar-refractivity contribution in [2.24, 2.45) is 0 Å². The Balaban J connectivity index is 1.33. The summed E-state index contributed by atoms with van der Waals surface area (Å²) in [5, 5.41) is 0. The Hall–Kier alpha value is -3.58. The number of benzene rings is 3. The fourth-order valence-corrected chi connectivity index (χ4v) is 6.72. The molecule has 1 aromatic heterocycles. The summed E-state index contributed by atoms with van der Waals surface area (Å²) < 4.78 is 40.4. The van der Waals surface area contributed by atoms with E-state index in [9.17, 15) is 8.42 Å². The first kappa shape index (κ1) is 26.0. The van der Waals surface area contributed by atoms with E-state index in [1.54, 1.807) is 31.4 Å². The van der Waals surface area contributed by atoms with Crippen LogP contribution in [0.1, 0.15) is 46.4 Å². The van der Waals surface area contributed by atoms with Gasteiger partial charge in [-0.1, -0.05) is 36.4 Å². The Bertz CT molecular complexity index is 1510. The van der Waals surface area contributed by atoms with E-state index >= 15 is 0 Å². The third-order valence-electron chi connectivity index (χ3n) is 7.28. The van der Waals surface area contributed by atoms with Crippen molar-refractivity contribution in [1.82, 2.24) is 9.55 Å². The van der Waals surface area contributed by atoms with Gasteiger partial charge in [0.25, 0.3) is 0 Å². The van der Waals surface area contributed by atoms with Crippen LogP contribution in [0.4, 0.5) is 0 Å². The van der Waals surface area contributed by atoms with Crippen LogP contribution < -0.4 is 9.47 Å². The van der Waals surface area contributed by atoms with E-state index < -0.39 is 9.84 Å². The number of aryl methyl sites for hydroxylation is 2. The van der Waals surface area contributed by atoms with Crippen LogP contribution in [0.2, 0.25) is 0 Å². The molecule has 7 heteroatoms. The molecule has 0 saturated heterocycles. The minimum absolute atomic E-state index is 0.0529. The molecule has 0 radical (unpaired) electrons. The molecule has 198 valence electrons. The van der Waals surface area contributed by atoms with Gasteiger partial charge in [-0.25, -0.2) is 13.4 Å². The largest absolute Gasteiger partial charge is 0.496 e. The fraction of sp³-hybridized carbons (Fsp3) is 0.323. The third-order valence-corrected chi connectivity index (χ3v) is 8.94. The second kappa shape index (κ2) is 11.4. The summed E-state index contributed by atoms with van der Waals surface area (Å²) in [6, 6.07) is 19.0. The minimum atomic E-state index is -3.49. The van der Waals surface area contributed by atoms with Gasteiger partial charge < -0.3 is 14.0 Å². The summed E-state index contributed by atoms with van der Waals surface area (Å²) >= 11 is 0. The number of nitrogens with zero attached hydrogens (tertiary/aromatic N) is 2. The van der Waals surface area contributed by atoms with Crippen molar-refractivity contribution in [3.63, 3.8) is 0 Å². The summed E-state index contributed by atoms with van der Waals surface area (Å²) in [4.78, 5) is 4.70. The van der Waals surface area contributed by atoms with E-state index in [1.165, 1.54) is 11.1 Å². The van der Waals surface area contributed by atoms with Crippen LogP contribution in [-0.4, -0.2) is 31.7 Å². The van der Waals surface area contributed by atoms with Crippen molar-refractivity contribution in [2.45, 2.75) is 56.2 Å². The molecule has 0 bridgehead atoms. The molecule has 0 atom stereocenters. The molecule has 3 aromatic carbocycles. The summed E-state index contributed by atoms with van der Waals surface area (Å²) in [7, 11) is -1.81. The Morgan fingerprint density at radius 3 is 2.55 bits per heavy atom. The van der Waals surface area contributed by atoms with Crippen LogP contribution >= 0.6 is 0 Å². The average molecular weight is 531 g/mol. The Morgan fingerprint density at radius 2 is 1.76 bits per heavy atom. The lowest BCUT2D eigenvalue weighted by atomic mass is 9.88. The van der Waals surface area contributed by atoms with Crippen LogP contribution in [0.5, 0.6) is 11.5 Å². The van der Waals surface area contributed by atoms with Gasteiger partial charge in [0.05, 0.1) is 30.6 Å². The van der Waals surface area contributed by atoms with Gasteiger partial charge in [0, 0.05) is 23.9 Å². The molecule has 0 fully saturated rings. The Labute approximate surface area is 225 Å². The quantitative estimate of drug-likeness (QED) is 0.262. The summed E-state index contributed by atoms with van der Waals surface area (Å²) in [5.41, 5.74) is 6.58. The lowest BCUT2D eigenvalue weighted by Gasteiger charge is -2.22. The van der Waals surface area contributed by atoms with E-state index in [0.717, 1.165) is 60.2 Å². The smallest absolute Gasteiger partial charge is 0.182 e. The van der Waals surface area contributed by atoms with Crippen LogP contribution in [-0.2, 0) is 41.4 Å². The highest BCUT2D eigenvalue weighted by atomic mass is 32.2. The SMILES string of the molecule is COc1ccc(Cc2cncn2CCOc2ccc3c(c2CS(=O)(=O)c2ccccc2)CCCC3)cc1C. The first-order valence-corrected chi connectivity index (χ1v) is 14.8. The van der Waals surface area contributed by atoms with Crippen molar-refractivity contribution in [3.8, 4) is 11.5 Å². The van der Waals surface area contributed by atoms with Crippen molar-refractivity contribution >= 4 is 9.84 Å². The van der Waals surface area contributed by atoms with E-state index in [2.05, 4.69) is 27.8 Å². The van der Waals surface area contributed by atoms with E-state index in [4.69, 9.17) is 9.47 Å². The van der Waals surface area contributed by atoms with Crippen LogP contribution in [0.3, 0.4) is 0 Å². The number of aromatic nitrogens is 2. The first-order valence-electron chi connectivity index (χ1n) is 13.1. The van der Waals surface area contributed by atoms with Gasteiger partial charge >= 0.3 is 0 Å². The average Bonchev–Trinajstić information content (AvgIpc) is 3.37. The number of fused-ring (bicyclic) bond motifs is 1. The maximum atomic E-state index is 13.3. The molecular weight excluding hydrogens is 496 g/mol. The molecule has 0 aliphatic heterocycles. The highest BCUT2D eigenvalue weighted by Crippen LogP contribution is 2.34. The van der Waals surface area contributed by atoms with Gasteiger partial charge in [-0.3, -0.25) is 0 Å². The lowest BCUT2D eigenvalue weighted by Crippen LogP contribution is -2.15. The summed E-state index contributed by atoms with van der Waals surface area (Å²) in [6.45, 7) is 3.08. The standard InChI is InChI=1S/C31H34N2O4S/c1-23-18-24(12-14-30(23)36-2)19-26-20-32-22-33(26)16-17-37-31-15-13-25-8-6-7-11-28(25)29(31)21-38(34,35)27-9-4-3-5-10-27/h3-5,9-10,12-15,18,20,22H,6-8,11,16-17,19,21H2,1-2H3. The topological polar surface area (TPSA) is 70.4 Å². The highest BCUT2D eigenvalue weighted by Gasteiger charge is 2.24. The minimum Gasteiger partial charge on any atom is -0.496 e. The molecule has 0 saturated carbocycles. The first-order chi connectivity index (χ1) is 18.4. The number of imidazole rings is 1. The lowest BCUT2D eigenvalue weighted by molar-refractivity contribution is 0.294. The third kappa shape index (κ3) is 5.78. The van der Waals surface area contributed by atoms with Gasteiger partial charge in [-0.2, -0.15) is 0 Å². The van der Waals surface area contributed by atoms with Gasteiger partial charge in [-0.15, -0.1) is 0 Å². The van der Waals surface area contributed by atoms with Gasteiger partial charge in [0.15, 0.2) is 9.84 Å². The number of sulfone groups is 1. The van der Waals surface area contributed by atoms with Gasteiger partial charge in [-0.05, 0) is 79.1 Å². The zero-order valence-electron chi connectivity index (χ0n) is 22.0. The molecule has 4 aromatic rings. The molecule has 1 aliphatic carbocycles. The van der Waals surface area contributed by atoms with Crippen molar-refractivity contribution < 1.29 is 17.9 Å². The van der Waals surface area contributed by atoms with E-state index in [-0.39, 0.29) is 5.75 Å². The maximum absolute atomic E-state index is 13.3. The highest BCUT2D eigenvalue weighted by molar-refractivity contribution is 7.90. The van der Waals surface area contributed by atoms with E-state index in [1.807, 2.05) is 37.6 Å². The monoisotopic (exact) mass is 530 g/mol.